The molecule has 1 rings (SSSR count). The highest BCUT2D eigenvalue weighted by Gasteiger charge is 2.02. The Labute approximate surface area is 66.0 Å². The number of anilines is 2. The molecule has 3 heteroatoms. The van der Waals surface area contributed by atoms with Crippen molar-refractivity contribution in [1.82, 2.24) is 0 Å². The van der Waals surface area contributed by atoms with Crippen molar-refractivity contribution in [2.75, 3.05) is 18.6 Å². The molecule has 0 saturated carbocycles. The maximum absolute atomic E-state index is 5.64. The minimum atomic E-state index is 0.630. The minimum Gasteiger partial charge on any atom is -0.496 e. The van der Waals surface area contributed by atoms with Gasteiger partial charge in [-0.05, 0) is 13.0 Å². The molecule has 0 amide bonds. The summed E-state index contributed by atoms with van der Waals surface area (Å²) >= 11 is 0. The molecule has 0 atom stereocenters. The van der Waals surface area contributed by atoms with Gasteiger partial charge in [0.15, 0.2) is 0 Å². The molecule has 0 spiro atoms. The second-order valence-corrected chi connectivity index (χ2v) is 2.44. The number of rotatable bonds is 1. The van der Waals surface area contributed by atoms with Gasteiger partial charge in [-0.15, -0.1) is 0 Å². The summed E-state index contributed by atoms with van der Waals surface area (Å²) in [7, 11) is 1.60. The Hall–Kier alpha value is -1.38. The van der Waals surface area contributed by atoms with Crippen molar-refractivity contribution in [3.8, 4) is 5.75 Å². The van der Waals surface area contributed by atoms with E-state index < -0.39 is 0 Å². The number of nitrogens with two attached hydrogens (primary N) is 2. The normalized spacial score (nSPS) is 9.64. The summed E-state index contributed by atoms with van der Waals surface area (Å²) in [6, 6.07) is 3.48. The molecule has 1 aromatic rings. The lowest BCUT2D eigenvalue weighted by atomic mass is 10.1. The first-order valence-electron chi connectivity index (χ1n) is 3.34. The van der Waals surface area contributed by atoms with E-state index in [0.29, 0.717) is 11.4 Å². The zero-order valence-electron chi connectivity index (χ0n) is 6.72. The standard InChI is InChI=1S/C8H12N2O/c1-5-7(10)3-6(9)4-8(5)11-2/h3-4H,9-10H2,1-2H3. The summed E-state index contributed by atoms with van der Waals surface area (Å²) in [5.74, 6) is 0.738. The zero-order chi connectivity index (χ0) is 8.43. The molecule has 3 nitrogen and oxygen atoms in total. The molecule has 0 heterocycles. The van der Waals surface area contributed by atoms with Crippen LogP contribution in [0.1, 0.15) is 5.56 Å². The minimum absolute atomic E-state index is 0.630. The van der Waals surface area contributed by atoms with E-state index in [1.807, 2.05) is 6.92 Å². The number of hydrogen-bond acceptors (Lipinski definition) is 3. The maximum atomic E-state index is 5.64. The molecule has 4 N–H and O–H groups in total. The summed E-state index contributed by atoms with van der Waals surface area (Å²) in [6.07, 6.45) is 0. The molecule has 0 fully saturated rings. The molecular formula is C8H12N2O. The maximum Gasteiger partial charge on any atom is 0.125 e. The van der Waals surface area contributed by atoms with Crippen molar-refractivity contribution in [3.05, 3.63) is 17.7 Å². The third kappa shape index (κ3) is 1.37. The lowest BCUT2D eigenvalue weighted by Crippen LogP contribution is -1.96. The Kier molecular flexibility index (Phi) is 1.89. The van der Waals surface area contributed by atoms with Crippen molar-refractivity contribution in [1.29, 1.82) is 0 Å². The van der Waals surface area contributed by atoms with Crippen LogP contribution in [0.5, 0.6) is 5.75 Å². The Morgan fingerprint density at radius 3 is 2.45 bits per heavy atom. The summed E-state index contributed by atoms with van der Waals surface area (Å²) in [5, 5.41) is 0. The number of nitrogen functional groups attached to an aromatic ring is 2. The lowest BCUT2D eigenvalue weighted by molar-refractivity contribution is 0.412. The van der Waals surface area contributed by atoms with Crippen LogP contribution in [0.25, 0.3) is 0 Å². The van der Waals surface area contributed by atoms with Crippen LogP contribution < -0.4 is 16.2 Å². The van der Waals surface area contributed by atoms with Gasteiger partial charge in [0.1, 0.15) is 5.75 Å². The predicted molar refractivity (Wildman–Crippen MR) is 46.6 cm³/mol. The molecule has 0 bridgehead atoms. The summed E-state index contributed by atoms with van der Waals surface area (Å²) in [5.41, 5.74) is 13.4. The fraction of sp³-hybridized carbons (Fsp3) is 0.250. The van der Waals surface area contributed by atoms with Crippen LogP contribution in [0, 0.1) is 6.92 Å². The second-order valence-electron chi connectivity index (χ2n) is 2.44. The van der Waals surface area contributed by atoms with Crippen molar-refractivity contribution in [3.63, 3.8) is 0 Å². The van der Waals surface area contributed by atoms with Crippen molar-refractivity contribution in [2.24, 2.45) is 0 Å². The van der Waals surface area contributed by atoms with Gasteiger partial charge >= 0.3 is 0 Å². The van der Waals surface area contributed by atoms with Gasteiger partial charge in [0, 0.05) is 23.0 Å². The molecule has 0 radical (unpaired) electrons. The van der Waals surface area contributed by atoms with Crippen molar-refractivity contribution >= 4 is 11.4 Å². The fourth-order valence-electron chi connectivity index (χ4n) is 0.943. The van der Waals surface area contributed by atoms with Crippen LogP contribution in [-0.2, 0) is 0 Å². The smallest absolute Gasteiger partial charge is 0.125 e. The van der Waals surface area contributed by atoms with Gasteiger partial charge in [0.25, 0.3) is 0 Å². The van der Waals surface area contributed by atoms with Crippen molar-refractivity contribution in [2.45, 2.75) is 6.92 Å². The summed E-state index contributed by atoms with van der Waals surface area (Å²) in [6.45, 7) is 1.90. The van der Waals surface area contributed by atoms with Crippen LogP contribution in [-0.4, -0.2) is 7.11 Å². The molecule has 0 aliphatic carbocycles. The molecule has 0 aliphatic rings. The Morgan fingerprint density at radius 2 is 1.91 bits per heavy atom. The van der Waals surface area contributed by atoms with E-state index in [2.05, 4.69) is 0 Å². The monoisotopic (exact) mass is 152 g/mol. The SMILES string of the molecule is COc1cc(N)cc(N)c1C. The lowest BCUT2D eigenvalue weighted by Gasteiger charge is -2.07. The van der Waals surface area contributed by atoms with Crippen LogP contribution in [0.4, 0.5) is 11.4 Å². The molecule has 0 unspecified atom stereocenters. The van der Waals surface area contributed by atoms with E-state index in [0.717, 1.165) is 11.3 Å². The topological polar surface area (TPSA) is 61.3 Å². The van der Waals surface area contributed by atoms with Gasteiger partial charge in [0.05, 0.1) is 7.11 Å². The van der Waals surface area contributed by atoms with Crippen molar-refractivity contribution < 1.29 is 4.74 Å². The highest BCUT2D eigenvalue weighted by Crippen LogP contribution is 2.26. The third-order valence-corrected chi connectivity index (χ3v) is 1.64. The molecule has 1 aromatic carbocycles. The predicted octanol–water partition coefficient (Wildman–Crippen LogP) is 1.17. The van der Waals surface area contributed by atoms with Gasteiger partial charge in [0.2, 0.25) is 0 Å². The average Bonchev–Trinajstić information content (AvgIpc) is 1.96. The summed E-state index contributed by atoms with van der Waals surface area (Å²) < 4.78 is 5.05. The number of hydrogen-bond donors (Lipinski definition) is 2. The van der Waals surface area contributed by atoms with Crippen LogP contribution >= 0.6 is 0 Å². The van der Waals surface area contributed by atoms with Gasteiger partial charge in [-0.3, -0.25) is 0 Å². The van der Waals surface area contributed by atoms with E-state index in [9.17, 15) is 0 Å². The summed E-state index contributed by atoms with van der Waals surface area (Å²) in [4.78, 5) is 0. The van der Waals surface area contributed by atoms with Gasteiger partial charge in [-0.2, -0.15) is 0 Å². The number of methoxy groups -OCH3 is 1. The Balaban J connectivity index is 3.24. The molecule has 11 heavy (non-hydrogen) atoms. The number of ether oxygens (including phenoxy) is 1. The zero-order valence-corrected chi connectivity index (χ0v) is 6.72. The van der Waals surface area contributed by atoms with Crippen LogP contribution in [0.15, 0.2) is 12.1 Å². The highest BCUT2D eigenvalue weighted by molar-refractivity contribution is 5.62. The molecule has 60 valence electrons. The Morgan fingerprint density at radius 1 is 1.27 bits per heavy atom. The molecule has 0 aromatic heterocycles. The van der Waals surface area contributed by atoms with E-state index in [4.69, 9.17) is 16.2 Å². The average molecular weight is 152 g/mol. The first-order valence-corrected chi connectivity index (χ1v) is 3.34. The van der Waals surface area contributed by atoms with Crippen LogP contribution in [0.3, 0.4) is 0 Å². The molecule has 0 aliphatic heterocycles. The van der Waals surface area contributed by atoms with E-state index in [-0.39, 0.29) is 0 Å². The number of benzene rings is 1. The Bertz CT molecular complexity index is 271. The van der Waals surface area contributed by atoms with Crippen LogP contribution in [0.2, 0.25) is 0 Å². The van der Waals surface area contributed by atoms with E-state index >= 15 is 0 Å². The third-order valence-electron chi connectivity index (χ3n) is 1.64. The molecule has 0 saturated heterocycles. The largest absolute Gasteiger partial charge is 0.496 e. The van der Waals surface area contributed by atoms with E-state index in [1.54, 1.807) is 19.2 Å². The van der Waals surface area contributed by atoms with Gasteiger partial charge in [-0.25, -0.2) is 0 Å². The first kappa shape index (κ1) is 7.72. The van der Waals surface area contributed by atoms with E-state index in [1.165, 1.54) is 0 Å². The fourth-order valence-corrected chi connectivity index (χ4v) is 0.943. The van der Waals surface area contributed by atoms with Gasteiger partial charge < -0.3 is 16.2 Å². The van der Waals surface area contributed by atoms with Gasteiger partial charge in [-0.1, -0.05) is 0 Å². The molecular weight excluding hydrogens is 140 g/mol. The first-order chi connectivity index (χ1) is 5.15. The second kappa shape index (κ2) is 2.70. The highest BCUT2D eigenvalue weighted by atomic mass is 16.5. The quantitative estimate of drug-likeness (QED) is 0.594.